The average Bonchev–Trinajstić information content (AvgIpc) is 2.44. The number of alkyl carbamates (subject to hydrolysis) is 2. The molecule has 0 saturated heterocycles. The van der Waals surface area contributed by atoms with Crippen molar-refractivity contribution in [3.8, 4) is 0 Å². The van der Waals surface area contributed by atoms with Gasteiger partial charge in [-0.15, -0.1) is 0 Å². The SMILES string of the molecule is CCCC[C@@H](NC(=O)OC(C)(C)C)[C@@H](CCCC)NC(=O)OC(C)(C)C. The molecule has 0 unspecified atom stereocenters. The summed E-state index contributed by atoms with van der Waals surface area (Å²) in [6, 6.07) is -0.382. The highest BCUT2D eigenvalue weighted by Gasteiger charge is 2.28. The summed E-state index contributed by atoms with van der Waals surface area (Å²) in [6.45, 7) is 15.2. The Hall–Kier alpha value is -1.46. The number of carbonyl (C=O) groups excluding carboxylic acids is 2. The number of hydrogen-bond acceptors (Lipinski definition) is 4. The van der Waals surface area contributed by atoms with Gasteiger partial charge < -0.3 is 20.1 Å². The average molecular weight is 373 g/mol. The normalized spacial score (nSPS) is 14.3. The molecular weight excluding hydrogens is 332 g/mol. The largest absolute Gasteiger partial charge is 0.444 e. The Morgan fingerprint density at radius 2 is 1.04 bits per heavy atom. The highest BCUT2D eigenvalue weighted by Crippen LogP contribution is 2.15. The molecule has 0 heterocycles. The molecule has 154 valence electrons. The van der Waals surface area contributed by atoms with Crippen LogP contribution in [-0.2, 0) is 9.47 Å². The van der Waals surface area contributed by atoms with Crippen molar-refractivity contribution in [3.63, 3.8) is 0 Å². The monoisotopic (exact) mass is 372 g/mol. The Labute approximate surface area is 159 Å². The second-order valence-corrected chi connectivity index (χ2v) is 8.79. The highest BCUT2D eigenvalue weighted by molar-refractivity contribution is 5.70. The van der Waals surface area contributed by atoms with Gasteiger partial charge in [0.15, 0.2) is 0 Å². The summed E-state index contributed by atoms with van der Waals surface area (Å²) < 4.78 is 10.8. The Balaban J connectivity index is 5.13. The zero-order chi connectivity index (χ0) is 20.4. The number of carbonyl (C=O) groups is 2. The summed E-state index contributed by atoms with van der Waals surface area (Å²) in [6.07, 6.45) is 4.59. The van der Waals surface area contributed by atoms with Gasteiger partial charge in [-0.3, -0.25) is 0 Å². The van der Waals surface area contributed by atoms with Crippen molar-refractivity contribution >= 4 is 12.2 Å². The van der Waals surface area contributed by atoms with E-state index in [0.29, 0.717) is 0 Å². The van der Waals surface area contributed by atoms with E-state index in [0.717, 1.165) is 38.5 Å². The lowest BCUT2D eigenvalue weighted by Crippen LogP contribution is -2.53. The minimum atomic E-state index is -0.559. The fourth-order valence-electron chi connectivity index (χ4n) is 2.51. The molecule has 0 aliphatic heterocycles. The summed E-state index contributed by atoms with van der Waals surface area (Å²) in [7, 11) is 0. The summed E-state index contributed by atoms with van der Waals surface area (Å²) in [4.78, 5) is 24.5. The van der Waals surface area contributed by atoms with Crippen LogP contribution in [0.2, 0.25) is 0 Å². The summed E-state index contributed by atoms with van der Waals surface area (Å²) >= 11 is 0. The lowest BCUT2D eigenvalue weighted by molar-refractivity contribution is 0.0420. The molecule has 0 aromatic rings. The highest BCUT2D eigenvalue weighted by atomic mass is 16.6. The molecule has 26 heavy (non-hydrogen) atoms. The Kier molecular flexibility index (Phi) is 10.7. The Morgan fingerprint density at radius 3 is 1.27 bits per heavy atom. The quantitative estimate of drug-likeness (QED) is 0.586. The Morgan fingerprint density at radius 1 is 0.731 bits per heavy atom. The first-order valence-corrected chi connectivity index (χ1v) is 9.87. The molecular formula is C20H40N2O4. The van der Waals surface area contributed by atoms with E-state index < -0.39 is 23.4 Å². The van der Waals surface area contributed by atoms with Crippen LogP contribution in [0.3, 0.4) is 0 Å². The molecule has 0 radical (unpaired) electrons. The van der Waals surface area contributed by atoms with E-state index in [9.17, 15) is 9.59 Å². The fourth-order valence-corrected chi connectivity index (χ4v) is 2.51. The van der Waals surface area contributed by atoms with E-state index in [2.05, 4.69) is 24.5 Å². The van der Waals surface area contributed by atoms with Gasteiger partial charge >= 0.3 is 12.2 Å². The van der Waals surface area contributed by atoms with Gasteiger partial charge in [0.1, 0.15) is 11.2 Å². The number of nitrogens with one attached hydrogen (secondary N) is 2. The summed E-state index contributed by atoms with van der Waals surface area (Å²) in [5.74, 6) is 0. The molecule has 0 fully saturated rings. The van der Waals surface area contributed by atoms with Crippen LogP contribution in [0, 0.1) is 0 Å². The standard InChI is InChI=1S/C20H40N2O4/c1-9-11-13-15(21-17(23)25-19(3,4)5)16(14-12-10-2)22-18(24)26-20(6,7)8/h15-16H,9-14H2,1-8H3,(H,21,23)(H,22,24)/t15-,16-/m1/s1. The lowest BCUT2D eigenvalue weighted by Gasteiger charge is -2.31. The maximum absolute atomic E-state index is 12.2. The van der Waals surface area contributed by atoms with E-state index in [1.54, 1.807) is 0 Å². The molecule has 0 aromatic heterocycles. The van der Waals surface area contributed by atoms with E-state index in [-0.39, 0.29) is 12.1 Å². The number of unbranched alkanes of at least 4 members (excludes halogenated alkanes) is 2. The van der Waals surface area contributed by atoms with Crippen molar-refractivity contribution in [2.45, 2.75) is 117 Å². The van der Waals surface area contributed by atoms with Crippen molar-refractivity contribution in [2.75, 3.05) is 0 Å². The molecule has 0 rings (SSSR count). The van der Waals surface area contributed by atoms with Crippen molar-refractivity contribution < 1.29 is 19.1 Å². The second-order valence-electron chi connectivity index (χ2n) is 8.79. The van der Waals surface area contributed by atoms with E-state index in [1.165, 1.54) is 0 Å². The van der Waals surface area contributed by atoms with Gasteiger partial charge in [-0.05, 0) is 54.4 Å². The second kappa shape index (κ2) is 11.3. The van der Waals surface area contributed by atoms with Crippen LogP contribution in [0.25, 0.3) is 0 Å². The molecule has 0 aromatic carbocycles. The molecule has 2 atom stereocenters. The molecule has 0 aliphatic carbocycles. The third-order valence-electron chi connectivity index (χ3n) is 3.63. The first kappa shape index (κ1) is 24.5. The van der Waals surface area contributed by atoms with Crippen molar-refractivity contribution in [1.82, 2.24) is 10.6 Å². The predicted octanol–water partition coefficient (Wildman–Crippen LogP) is 5.15. The molecule has 6 heteroatoms. The molecule has 2 N–H and O–H groups in total. The van der Waals surface area contributed by atoms with Crippen LogP contribution < -0.4 is 10.6 Å². The summed E-state index contributed by atoms with van der Waals surface area (Å²) in [5.41, 5.74) is -1.12. The third-order valence-corrected chi connectivity index (χ3v) is 3.63. The number of amides is 2. The van der Waals surface area contributed by atoms with Gasteiger partial charge in [-0.1, -0.05) is 39.5 Å². The van der Waals surface area contributed by atoms with Gasteiger partial charge in [0.2, 0.25) is 0 Å². The lowest BCUT2D eigenvalue weighted by atomic mass is 9.97. The molecule has 0 spiro atoms. The van der Waals surface area contributed by atoms with Crippen molar-refractivity contribution in [1.29, 1.82) is 0 Å². The smallest absolute Gasteiger partial charge is 0.407 e. The van der Waals surface area contributed by atoms with Gasteiger partial charge in [0.05, 0.1) is 12.1 Å². The van der Waals surface area contributed by atoms with Gasteiger partial charge in [-0.2, -0.15) is 0 Å². The van der Waals surface area contributed by atoms with Crippen LogP contribution in [0.4, 0.5) is 9.59 Å². The minimum Gasteiger partial charge on any atom is -0.444 e. The maximum Gasteiger partial charge on any atom is 0.407 e. The number of hydrogen-bond donors (Lipinski definition) is 2. The third kappa shape index (κ3) is 12.8. The first-order valence-electron chi connectivity index (χ1n) is 9.87. The molecule has 0 aliphatic rings. The predicted molar refractivity (Wildman–Crippen MR) is 105 cm³/mol. The van der Waals surface area contributed by atoms with Gasteiger partial charge in [0, 0.05) is 0 Å². The van der Waals surface area contributed by atoms with Crippen LogP contribution in [0.15, 0.2) is 0 Å². The van der Waals surface area contributed by atoms with Crippen LogP contribution in [0.1, 0.15) is 93.9 Å². The minimum absolute atomic E-state index is 0.191. The topological polar surface area (TPSA) is 76.7 Å². The number of rotatable bonds is 9. The fraction of sp³-hybridized carbons (Fsp3) is 0.900. The van der Waals surface area contributed by atoms with E-state index in [1.807, 2.05) is 41.5 Å². The van der Waals surface area contributed by atoms with Gasteiger partial charge in [0.25, 0.3) is 0 Å². The molecule has 2 amide bonds. The maximum atomic E-state index is 12.2. The van der Waals surface area contributed by atoms with Crippen molar-refractivity contribution in [2.24, 2.45) is 0 Å². The van der Waals surface area contributed by atoms with Crippen molar-refractivity contribution in [3.05, 3.63) is 0 Å². The van der Waals surface area contributed by atoms with Crippen LogP contribution >= 0.6 is 0 Å². The molecule has 6 nitrogen and oxygen atoms in total. The van der Waals surface area contributed by atoms with Crippen LogP contribution in [-0.4, -0.2) is 35.5 Å². The molecule has 0 bridgehead atoms. The zero-order valence-corrected chi connectivity index (χ0v) is 18.0. The Bertz CT molecular complexity index is 385. The number of ether oxygens (including phenoxy) is 2. The van der Waals surface area contributed by atoms with E-state index >= 15 is 0 Å². The van der Waals surface area contributed by atoms with E-state index in [4.69, 9.17) is 9.47 Å². The zero-order valence-electron chi connectivity index (χ0n) is 18.0. The first-order chi connectivity index (χ1) is 11.9. The van der Waals surface area contributed by atoms with Crippen LogP contribution in [0.5, 0.6) is 0 Å². The molecule has 0 saturated carbocycles. The summed E-state index contributed by atoms with van der Waals surface area (Å²) in [5, 5.41) is 5.91. The van der Waals surface area contributed by atoms with Gasteiger partial charge in [-0.25, -0.2) is 9.59 Å².